The molecule has 4 nitrogen and oxygen atoms in total. The largest absolute Gasteiger partial charge is 0.312 e. The molecular weight excluding hydrogens is 284 g/mol. The van der Waals surface area contributed by atoms with Gasteiger partial charge in [-0.25, -0.2) is 8.42 Å². The van der Waals surface area contributed by atoms with Crippen LogP contribution in [0.3, 0.4) is 0 Å². The zero-order valence-electron chi connectivity index (χ0n) is 13.1. The average molecular weight is 314 g/mol. The lowest BCUT2D eigenvalue weighted by Crippen LogP contribution is -2.48. The highest BCUT2D eigenvalue weighted by Crippen LogP contribution is 2.29. The lowest BCUT2D eigenvalue weighted by molar-refractivity contribution is 0.153. The van der Waals surface area contributed by atoms with Crippen LogP contribution in [0.1, 0.15) is 51.4 Å². The third kappa shape index (κ3) is 4.20. The van der Waals surface area contributed by atoms with Gasteiger partial charge in [0.05, 0.1) is 11.5 Å². The highest BCUT2D eigenvalue weighted by molar-refractivity contribution is 7.91. The lowest BCUT2D eigenvalue weighted by atomic mass is 9.83. The maximum Gasteiger partial charge on any atom is 0.150 e. The van der Waals surface area contributed by atoms with Crippen molar-refractivity contribution in [2.24, 2.45) is 5.92 Å². The van der Waals surface area contributed by atoms with Gasteiger partial charge in [0.25, 0.3) is 0 Å². The molecule has 0 amide bonds. The van der Waals surface area contributed by atoms with E-state index in [1.165, 1.54) is 38.5 Å². The van der Waals surface area contributed by atoms with Gasteiger partial charge in [-0.2, -0.15) is 0 Å². The summed E-state index contributed by atoms with van der Waals surface area (Å²) in [5.41, 5.74) is 0. The van der Waals surface area contributed by atoms with Crippen molar-refractivity contribution in [1.29, 1.82) is 0 Å². The summed E-state index contributed by atoms with van der Waals surface area (Å²) < 4.78 is 23.3. The Morgan fingerprint density at radius 2 is 1.62 bits per heavy atom. The van der Waals surface area contributed by atoms with Crippen LogP contribution >= 0.6 is 0 Å². The number of nitrogens with zero attached hydrogens (tertiary/aromatic N) is 1. The van der Waals surface area contributed by atoms with Crippen molar-refractivity contribution < 1.29 is 8.42 Å². The second kappa shape index (κ2) is 6.97. The maximum atomic E-state index is 11.6. The molecule has 2 saturated heterocycles. The first-order valence-electron chi connectivity index (χ1n) is 8.82. The Labute approximate surface area is 129 Å². The smallest absolute Gasteiger partial charge is 0.150 e. The molecule has 2 heterocycles. The molecule has 0 spiro atoms. The number of hydrogen-bond donors (Lipinski definition) is 1. The van der Waals surface area contributed by atoms with Gasteiger partial charge in [-0.05, 0) is 51.1 Å². The van der Waals surface area contributed by atoms with E-state index in [0.29, 0.717) is 23.6 Å². The van der Waals surface area contributed by atoms with Gasteiger partial charge in [0.15, 0.2) is 0 Å². The molecule has 0 radical (unpaired) electrons. The third-order valence-electron chi connectivity index (χ3n) is 5.72. The van der Waals surface area contributed by atoms with E-state index < -0.39 is 9.84 Å². The second-order valence-electron chi connectivity index (χ2n) is 7.19. The van der Waals surface area contributed by atoms with Crippen LogP contribution in [0.15, 0.2) is 0 Å². The van der Waals surface area contributed by atoms with Crippen LogP contribution in [0.25, 0.3) is 0 Å². The van der Waals surface area contributed by atoms with Crippen molar-refractivity contribution in [3.8, 4) is 0 Å². The van der Waals surface area contributed by atoms with E-state index in [9.17, 15) is 8.42 Å². The Balaban J connectivity index is 1.59. The van der Waals surface area contributed by atoms with Crippen LogP contribution in [0.2, 0.25) is 0 Å². The standard InChI is InChI=1S/C16H30N2O2S/c19-21(20)11-7-15(8-12-21)18-10-4-9-17-16(13-18)14-5-2-1-3-6-14/h14-17H,1-13H2. The predicted molar refractivity (Wildman–Crippen MR) is 86.2 cm³/mol. The van der Waals surface area contributed by atoms with Gasteiger partial charge in [-0.1, -0.05) is 19.3 Å². The van der Waals surface area contributed by atoms with Crippen molar-refractivity contribution in [2.75, 3.05) is 31.1 Å². The minimum atomic E-state index is -2.74. The van der Waals surface area contributed by atoms with Gasteiger partial charge >= 0.3 is 0 Å². The summed E-state index contributed by atoms with van der Waals surface area (Å²) in [6, 6.07) is 1.13. The summed E-state index contributed by atoms with van der Waals surface area (Å²) in [6.45, 7) is 3.40. The van der Waals surface area contributed by atoms with Crippen LogP contribution in [0.5, 0.6) is 0 Å². The van der Waals surface area contributed by atoms with Crippen LogP contribution in [-0.4, -0.2) is 56.5 Å². The Kier molecular flexibility index (Phi) is 5.23. The van der Waals surface area contributed by atoms with E-state index in [4.69, 9.17) is 0 Å². The van der Waals surface area contributed by atoms with E-state index in [1.54, 1.807) is 0 Å². The first kappa shape index (κ1) is 15.8. The molecule has 1 saturated carbocycles. The molecule has 122 valence electrons. The fourth-order valence-corrected chi connectivity index (χ4v) is 5.87. The summed E-state index contributed by atoms with van der Waals surface area (Å²) >= 11 is 0. The molecule has 3 fully saturated rings. The lowest BCUT2D eigenvalue weighted by Gasteiger charge is -2.37. The highest BCUT2D eigenvalue weighted by atomic mass is 32.2. The molecule has 1 N–H and O–H groups in total. The third-order valence-corrected chi connectivity index (χ3v) is 7.43. The fourth-order valence-electron chi connectivity index (χ4n) is 4.40. The zero-order valence-corrected chi connectivity index (χ0v) is 13.9. The summed E-state index contributed by atoms with van der Waals surface area (Å²) in [5, 5.41) is 3.78. The minimum absolute atomic E-state index is 0.399. The highest BCUT2D eigenvalue weighted by Gasteiger charge is 2.32. The Bertz CT molecular complexity index is 418. The molecule has 1 unspecified atom stereocenters. The summed E-state index contributed by atoms with van der Waals surface area (Å²) in [7, 11) is -2.74. The molecule has 3 aliphatic rings. The van der Waals surface area contributed by atoms with Gasteiger partial charge in [-0.3, -0.25) is 4.90 Å². The summed E-state index contributed by atoms with van der Waals surface area (Å²) in [6.07, 6.45) is 9.85. The molecule has 1 atom stereocenters. The molecule has 2 aliphatic heterocycles. The molecule has 3 rings (SSSR count). The molecule has 5 heteroatoms. The first-order valence-corrected chi connectivity index (χ1v) is 10.6. The molecule has 0 aromatic rings. The Morgan fingerprint density at radius 3 is 2.33 bits per heavy atom. The van der Waals surface area contributed by atoms with Crippen molar-refractivity contribution >= 4 is 9.84 Å². The van der Waals surface area contributed by atoms with Crippen molar-refractivity contribution in [3.05, 3.63) is 0 Å². The van der Waals surface area contributed by atoms with Crippen molar-refractivity contribution in [2.45, 2.75) is 63.5 Å². The monoisotopic (exact) mass is 314 g/mol. The van der Waals surface area contributed by atoms with E-state index in [-0.39, 0.29) is 0 Å². The van der Waals surface area contributed by atoms with E-state index >= 15 is 0 Å². The normalized spacial score (nSPS) is 33.6. The van der Waals surface area contributed by atoms with Crippen LogP contribution in [0.4, 0.5) is 0 Å². The fraction of sp³-hybridized carbons (Fsp3) is 1.00. The van der Waals surface area contributed by atoms with E-state index in [2.05, 4.69) is 10.2 Å². The molecular formula is C16H30N2O2S. The van der Waals surface area contributed by atoms with Gasteiger partial charge in [0.1, 0.15) is 9.84 Å². The van der Waals surface area contributed by atoms with Gasteiger partial charge in [-0.15, -0.1) is 0 Å². The molecule has 0 aromatic heterocycles. The molecule has 0 aromatic carbocycles. The van der Waals surface area contributed by atoms with Crippen LogP contribution in [-0.2, 0) is 9.84 Å². The van der Waals surface area contributed by atoms with E-state index in [1.807, 2.05) is 0 Å². The van der Waals surface area contributed by atoms with Gasteiger partial charge < -0.3 is 5.32 Å². The predicted octanol–water partition coefficient (Wildman–Crippen LogP) is 1.81. The van der Waals surface area contributed by atoms with Gasteiger partial charge in [0.2, 0.25) is 0 Å². The zero-order chi connectivity index (χ0) is 14.7. The first-order chi connectivity index (χ1) is 10.1. The minimum Gasteiger partial charge on any atom is -0.312 e. The summed E-state index contributed by atoms with van der Waals surface area (Å²) in [5.74, 6) is 1.64. The van der Waals surface area contributed by atoms with Gasteiger partial charge in [0, 0.05) is 18.6 Å². The molecule has 21 heavy (non-hydrogen) atoms. The maximum absolute atomic E-state index is 11.6. The number of hydrogen-bond acceptors (Lipinski definition) is 4. The number of nitrogens with one attached hydrogen (secondary N) is 1. The SMILES string of the molecule is O=S1(=O)CCC(N2CCCNC(C3CCCCC3)C2)CC1. The molecule has 1 aliphatic carbocycles. The van der Waals surface area contributed by atoms with Crippen LogP contribution in [0, 0.1) is 5.92 Å². The summed E-state index contributed by atoms with van der Waals surface area (Å²) in [4.78, 5) is 2.61. The van der Waals surface area contributed by atoms with E-state index in [0.717, 1.165) is 38.4 Å². The van der Waals surface area contributed by atoms with Crippen molar-refractivity contribution in [3.63, 3.8) is 0 Å². The quantitative estimate of drug-likeness (QED) is 0.844. The Morgan fingerprint density at radius 1 is 0.905 bits per heavy atom. The number of rotatable bonds is 2. The number of sulfone groups is 1. The van der Waals surface area contributed by atoms with Crippen LogP contribution < -0.4 is 5.32 Å². The van der Waals surface area contributed by atoms with Crippen molar-refractivity contribution in [1.82, 2.24) is 10.2 Å². The molecule has 0 bridgehead atoms. The second-order valence-corrected chi connectivity index (χ2v) is 9.49. The Hall–Kier alpha value is -0.130. The topological polar surface area (TPSA) is 49.4 Å². The average Bonchev–Trinajstić information content (AvgIpc) is 2.74.